The van der Waals surface area contributed by atoms with Crippen LogP contribution in [0.15, 0.2) is 46.9 Å². The zero-order valence-corrected chi connectivity index (χ0v) is 16.9. The third-order valence-corrected chi connectivity index (χ3v) is 6.18. The summed E-state index contributed by atoms with van der Waals surface area (Å²) < 4.78 is 5.48. The minimum Gasteiger partial charge on any atom is -0.465 e. The summed E-state index contributed by atoms with van der Waals surface area (Å²) in [4.78, 5) is 28.8. The van der Waals surface area contributed by atoms with Crippen molar-refractivity contribution in [2.75, 3.05) is 6.54 Å². The van der Waals surface area contributed by atoms with E-state index in [0.717, 1.165) is 23.5 Å². The fourth-order valence-electron chi connectivity index (χ4n) is 3.23. The normalized spacial score (nSPS) is 13.3. The van der Waals surface area contributed by atoms with Crippen molar-refractivity contribution < 1.29 is 14.0 Å². The number of aryl methyl sites for hydroxylation is 1. The van der Waals surface area contributed by atoms with Gasteiger partial charge in [0.05, 0.1) is 11.4 Å². The highest BCUT2D eigenvalue weighted by Gasteiger charge is 2.25. The summed E-state index contributed by atoms with van der Waals surface area (Å²) in [6, 6.07) is 12.5. The summed E-state index contributed by atoms with van der Waals surface area (Å²) in [6.07, 6.45) is 0.754. The Morgan fingerprint density at radius 1 is 1.21 bits per heavy atom. The Bertz CT molecular complexity index is 1020. The summed E-state index contributed by atoms with van der Waals surface area (Å²) in [5, 5.41) is 3.49. The van der Waals surface area contributed by atoms with Crippen LogP contribution >= 0.6 is 22.9 Å². The maximum atomic E-state index is 12.7. The molecule has 1 aromatic carbocycles. The van der Waals surface area contributed by atoms with Crippen molar-refractivity contribution in [2.45, 2.75) is 26.4 Å². The Labute approximate surface area is 171 Å². The van der Waals surface area contributed by atoms with Gasteiger partial charge in [-0.05, 0) is 61.4 Å². The van der Waals surface area contributed by atoms with Crippen LogP contribution in [0, 0.1) is 6.92 Å². The van der Waals surface area contributed by atoms with Gasteiger partial charge >= 0.3 is 0 Å². The van der Waals surface area contributed by atoms with Gasteiger partial charge in [-0.15, -0.1) is 11.3 Å². The molecule has 1 aliphatic heterocycles. The topological polar surface area (TPSA) is 62.6 Å². The van der Waals surface area contributed by atoms with Crippen LogP contribution in [0.4, 0.5) is 0 Å². The number of furan rings is 1. The van der Waals surface area contributed by atoms with Crippen LogP contribution in [-0.4, -0.2) is 23.3 Å². The van der Waals surface area contributed by atoms with Crippen molar-refractivity contribution in [2.24, 2.45) is 0 Å². The Morgan fingerprint density at radius 2 is 2.00 bits per heavy atom. The molecule has 7 heteroatoms. The molecule has 0 spiro atoms. The molecule has 5 nitrogen and oxygen atoms in total. The number of carbonyl (C=O) groups excluding carboxylic acids is 2. The van der Waals surface area contributed by atoms with Gasteiger partial charge in [-0.25, -0.2) is 0 Å². The molecule has 3 heterocycles. The summed E-state index contributed by atoms with van der Waals surface area (Å²) in [7, 11) is 0. The van der Waals surface area contributed by atoms with Crippen LogP contribution in [-0.2, 0) is 19.5 Å². The number of nitrogens with zero attached hydrogens (tertiary/aromatic N) is 1. The van der Waals surface area contributed by atoms with E-state index in [1.54, 1.807) is 24.3 Å². The van der Waals surface area contributed by atoms with Gasteiger partial charge in [0.1, 0.15) is 11.5 Å². The molecule has 0 bridgehead atoms. The molecule has 1 aliphatic rings. The standard InChI is InChI=1S/C21H19ClN2O3S/c1-13-2-7-17(27-13)11-23-20(25)19-10-15-12-24(9-8-18(15)28-19)21(26)14-3-5-16(22)6-4-14/h2-7,10H,8-9,11-12H2,1H3,(H,23,25). The maximum Gasteiger partial charge on any atom is 0.261 e. The average Bonchev–Trinajstić information content (AvgIpc) is 3.31. The van der Waals surface area contributed by atoms with Crippen molar-refractivity contribution in [3.63, 3.8) is 0 Å². The van der Waals surface area contributed by atoms with Crippen molar-refractivity contribution >= 4 is 34.8 Å². The number of rotatable bonds is 4. The molecule has 0 saturated heterocycles. The fourth-order valence-corrected chi connectivity index (χ4v) is 4.43. The van der Waals surface area contributed by atoms with Crippen LogP contribution in [0.1, 0.15) is 42.0 Å². The highest BCUT2D eigenvalue weighted by atomic mass is 35.5. The molecule has 4 rings (SSSR count). The van der Waals surface area contributed by atoms with Crippen LogP contribution in [0.25, 0.3) is 0 Å². The molecule has 2 amide bonds. The van der Waals surface area contributed by atoms with Crippen LogP contribution in [0.3, 0.4) is 0 Å². The first kappa shape index (κ1) is 18.8. The van der Waals surface area contributed by atoms with Crippen molar-refractivity contribution in [3.8, 4) is 0 Å². The second-order valence-electron chi connectivity index (χ2n) is 6.74. The number of hydrogen-bond acceptors (Lipinski definition) is 4. The minimum atomic E-state index is -0.121. The van der Waals surface area contributed by atoms with Gasteiger partial charge in [-0.1, -0.05) is 11.6 Å². The Balaban J connectivity index is 1.42. The molecular formula is C21H19ClN2O3S. The van der Waals surface area contributed by atoms with E-state index in [1.807, 2.05) is 30.0 Å². The molecule has 1 N–H and O–H groups in total. The number of carbonyl (C=O) groups is 2. The number of halogens is 1. The smallest absolute Gasteiger partial charge is 0.261 e. The number of benzene rings is 1. The first-order chi connectivity index (χ1) is 13.5. The molecule has 2 aromatic heterocycles. The molecule has 0 aliphatic carbocycles. The second kappa shape index (κ2) is 7.81. The van der Waals surface area contributed by atoms with Crippen molar-refractivity contribution in [1.82, 2.24) is 10.2 Å². The Kier molecular flexibility index (Phi) is 5.24. The molecule has 3 aromatic rings. The second-order valence-corrected chi connectivity index (χ2v) is 8.31. The van der Waals surface area contributed by atoms with Crippen LogP contribution < -0.4 is 5.32 Å². The SMILES string of the molecule is Cc1ccc(CNC(=O)c2cc3c(s2)CCN(C(=O)c2ccc(Cl)cc2)C3)o1. The predicted molar refractivity (Wildman–Crippen MR) is 109 cm³/mol. The Morgan fingerprint density at radius 3 is 2.71 bits per heavy atom. The van der Waals surface area contributed by atoms with E-state index in [1.165, 1.54) is 16.2 Å². The maximum absolute atomic E-state index is 12.7. The fraction of sp³-hybridized carbons (Fsp3) is 0.238. The monoisotopic (exact) mass is 414 g/mol. The summed E-state index contributed by atoms with van der Waals surface area (Å²) in [6.45, 7) is 3.38. The highest BCUT2D eigenvalue weighted by Crippen LogP contribution is 2.29. The number of fused-ring (bicyclic) bond motifs is 1. The van der Waals surface area contributed by atoms with Gasteiger partial charge < -0.3 is 14.6 Å². The summed E-state index contributed by atoms with van der Waals surface area (Å²) >= 11 is 7.40. The Hall–Kier alpha value is -2.57. The molecule has 0 fully saturated rings. The van der Waals surface area contributed by atoms with Gasteiger partial charge in [-0.3, -0.25) is 9.59 Å². The van der Waals surface area contributed by atoms with Gasteiger partial charge in [0.2, 0.25) is 0 Å². The van der Waals surface area contributed by atoms with Gasteiger partial charge in [-0.2, -0.15) is 0 Å². The highest BCUT2D eigenvalue weighted by molar-refractivity contribution is 7.14. The molecule has 0 atom stereocenters. The third-order valence-electron chi connectivity index (χ3n) is 4.69. The quantitative estimate of drug-likeness (QED) is 0.686. The van der Waals surface area contributed by atoms with E-state index in [9.17, 15) is 9.59 Å². The lowest BCUT2D eigenvalue weighted by Crippen LogP contribution is -2.35. The van der Waals surface area contributed by atoms with E-state index in [2.05, 4.69) is 5.32 Å². The first-order valence-corrected chi connectivity index (χ1v) is 10.2. The number of hydrogen-bond donors (Lipinski definition) is 1. The van der Waals surface area contributed by atoms with Crippen molar-refractivity contribution in [1.29, 1.82) is 0 Å². The lowest BCUT2D eigenvalue weighted by molar-refractivity contribution is 0.0736. The summed E-state index contributed by atoms with van der Waals surface area (Å²) in [5.74, 6) is 1.41. The third kappa shape index (κ3) is 3.98. The van der Waals surface area contributed by atoms with E-state index in [4.69, 9.17) is 16.0 Å². The molecule has 28 heavy (non-hydrogen) atoms. The lowest BCUT2D eigenvalue weighted by atomic mass is 10.1. The van der Waals surface area contributed by atoms with Gasteiger partial charge in [0.15, 0.2) is 0 Å². The van der Waals surface area contributed by atoms with E-state index < -0.39 is 0 Å². The van der Waals surface area contributed by atoms with Gasteiger partial charge in [0, 0.05) is 28.6 Å². The van der Waals surface area contributed by atoms with E-state index in [-0.39, 0.29) is 11.8 Å². The minimum absolute atomic E-state index is 0.0206. The lowest BCUT2D eigenvalue weighted by Gasteiger charge is -2.27. The van der Waals surface area contributed by atoms with Crippen molar-refractivity contribution in [3.05, 3.63) is 79.9 Å². The zero-order valence-electron chi connectivity index (χ0n) is 15.3. The molecule has 0 unspecified atom stereocenters. The molecule has 0 saturated carbocycles. The average molecular weight is 415 g/mol. The number of nitrogens with one attached hydrogen (secondary N) is 1. The van der Waals surface area contributed by atoms with Gasteiger partial charge in [0.25, 0.3) is 11.8 Å². The predicted octanol–water partition coefficient (Wildman–Crippen LogP) is 4.43. The summed E-state index contributed by atoms with van der Waals surface area (Å²) in [5.41, 5.74) is 1.66. The van der Waals surface area contributed by atoms with Crippen LogP contribution in [0.2, 0.25) is 5.02 Å². The number of thiophene rings is 1. The largest absolute Gasteiger partial charge is 0.465 e. The molecule has 144 valence electrons. The first-order valence-electron chi connectivity index (χ1n) is 8.99. The zero-order chi connectivity index (χ0) is 19.7. The van der Waals surface area contributed by atoms with E-state index >= 15 is 0 Å². The molecular weight excluding hydrogens is 396 g/mol. The van der Waals surface area contributed by atoms with E-state index in [0.29, 0.717) is 35.1 Å². The van der Waals surface area contributed by atoms with Crippen LogP contribution in [0.5, 0.6) is 0 Å². The molecule has 0 radical (unpaired) electrons. The number of amides is 2.